The van der Waals surface area contributed by atoms with Crippen LogP contribution in [0.2, 0.25) is 0 Å². The van der Waals surface area contributed by atoms with Gasteiger partial charge in [-0.3, -0.25) is 0 Å². The Hall–Kier alpha value is -1.65. The average molecular weight is 361 g/mol. The Morgan fingerprint density at radius 1 is 0.762 bits per heavy atom. The van der Waals surface area contributed by atoms with Crippen molar-refractivity contribution in [3.05, 3.63) is 70.7 Å². The van der Waals surface area contributed by atoms with Crippen molar-refractivity contribution in [3.63, 3.8) is 0 Å². The molecule has 3 aromatic rings. The van der Waals surface area contributed by atoms with Crippen LogP contribution in [0.25, 0.3) is 10.8 Å². The first-order valence-electron chi connectivity index (χ1n) is 6.48. The van der Waals surface area contributed by atoms with Crippen LogP contribution >= 0.6 is 15.9 Å². The summed E-state index contributed by atoms with van der Waals surface area (Å²) in [5.41, 5.74) is 1.04. The third-order valence-corrected chi connectivity index (χ3v) is 5.68. The number of sulfone groups is 1. The van der Waals surface area contributed by atoms with E-state index >= 15 is 0 Å². The summed E-state index contributed by atoms with van der Waals surface area (Å²) in [6.45, 7) is 1.93. The minimum atomic E-state index is -3.47. The third-order valence-electron chi connectivity index (χ3n) is 3.42. The highest BCUT2D eigenvalue weighted by molar-refractivity contribution is 9.10. The van der Waals surface area contributed by atoms with Crippen molar-refractivity contribution in [1.82, 2.24) is 0 Å². The summed E-state index contributed by atoms with van der Waals surface area (Å²) < 4.78 is 26.3. The van der Waals surface area contributed by atoms with Crippen LogP contribution in [-0.4, -0.2) is 8.42 Å². The molecule has 0 heterocycles. The first kappa shape index (κ1) is 14.3. The van der Waals surface area contributed by atoms with Crippen LogP contribution in [-0.2, 0) is 9.84 Å². The van der Waals surface area contributed by atoms with Crippen molar-refractivity contribution in [3.8, 4) is 0 Å². The predicted octanol–water partition coefficient (Wildman–Crippen LogP) is 4.74. The SMILES string of the molecule is Cc1ccc(S(=O)(=O)c2ccc3cc(Br)ccc3c2)cc1. The van der Waals surface area contributed by atoms with E-state index in [1.54, 1.807) is 24.3 Å². The van der Waals surface area contributed by atoms with Gasteiger partial charge in [0.1, 0.15) is 0 Å². The summed E-state index contributed by atoms with van der Waals surface area (Å²) in [6, 6.07) is 17.9. The Kier molecular flexibility index (Phi) is 3.59. The molecule has 0 radical (unpaired) electrons. The van der Waals surface area contributed by atoms with Gasteiger partial charge in [-0.1, -0.05) is 45.8 Å². The molecule has 0 amide bonds. The summed E-state index contributed by atoms with van der Waals surface area (Å²) in [5, 5.41) is 1.92. The molecule has 106 valence electrons. The largest absolute Gasteiger partial charge is 0.219 e. The molecular weight excluding hydrogens is 348 g/mol. The van der Waals surface area contributed by atoms with E-state index in [-0.39, 0.29) is 0 Å². The summed E-state index contributed by atoms with van der Waals surface area (Å²) >= 11 is 3.42. The topological polar surface area (TPSA) is 34.1 Å². The van der Waals surface area contributed by atoms with Crippen LogP contribution in [0, 0.1) is 6.92 Å². The van der Waals surface area contributed by atoms with Crippen molar-refractivity contribution in [1.29, 1.82) is 0 Å². The van der Waals surface area contributed by atoms with Crippen molar-refractivity contribution in [2.75, 3.05) is 0 Å². The van der Waals surface area contributed by atoms with Crippen LogP contribution < -0.4 is 0 Å². The van der Waals surface area contributed by atoms with Gasteiger partial charge < -0.3 is 0 Å². The Morgan fingerprint density at radius 2 is 1.33 bits per heavy atom. The molecule has 0 saturated carbocycles. The number of fused-ring (bicyclic) bond motifs is 1. The summed E-state index contributed by atoms with van der Waals surface area (Å²) in [6.07, 6.45) is 0. The van der Waals surface area contributed by atoms with Gasteiger partial charge in [0.25, 0.3) is 0 Å². The maximum absolute atomic E-state index is 12.6. The first-order chi connectivity index (χ1) is 9.96. The number of rotatable bonds is 2. The van der Waals surface area contributed by atoms with Crippen molar-refractivity contribution < 1.29 is 8.42 Å². The summed E-state index contributed by atoms with van der Waals surface area (Å²) in [5.74, 6) is 0. The van der Waals surface area contributed by atoms with E-state index < -0.39 is 9.84 Å². The molecule has 3 rings (SSSR count). The van der Waals surface area contributed by atoms with Crippen molar-refractivity contribution in [2.45, 2.75) is 16.7 Å². The van der Waals surface area contributed by atoms with Gasteiger partial charge in [0.15, 0.2) is 0 Å². The molecule has 0 N–H and O–H groups in total. The second-order valence-corrected chi connectivity index (χ2v) is 7.84. The fourth-order valence-corrected chi connectivity index (χ4v) is 3.89. The number of hydrogen-bond acceptors (Lipinski definition) is 2. The van der Waals surface area contributed by atoms with E-state index in [4.69, 9.17) is 0 Å². The number of hydrogen-bond donors (Lipinski definition) is 0. The fourth-order valence-electron chi connectivity index (χ4n) is 2.22. The zero-order valence-electron chi connectivity index (χ0n) is 11.4. The van der Waals surface area contributed by atoms with Crippen LogP contribution in [0.1, 0.15) is 5.56 Å². The predicted molar refractivity (Wildman–Crippen MR) is 88.3 cm³/mol. The number of benzene rings is 3. The van der Waals surface area contributed by atoms with Crippen molar-refractivity contribution >= 4 is 36.5 Å². The molecule has 0 aromatic heterocycles. The van der Waals surface area contributed by atoms with Crippen LogP contribution in [0.4, 0.5) is 0 Å². The molecule has 21 heavy (non-hydrogen) atoms. The quantitative estimate of drug-likeness (QED) is 0.661. The average Bonchev–Trinajstić information content (AvgIpc) is 2.47. The molecule has 0 atom stereocenters. The van der Waals surface area contributed by atoms with Crippen LogP contribution in [0.5, 0.6) is 0 Å². The zero-order chi connectivity index (χ0) is 15.0. The van der Waals surface area contributed by atoms with Gasteiger partial charge in [0.05, 0.1) is 9.79 Å². The van der Waals surface area contributed by atoms with Gasteiger partial charge in [0.2, 0.25) is 9.84 Å². The van der Waals surface area contributed by atoms with Gasteiger partial charge in [-0.15, -0.1) is 0 Å². The highest BCUT2D eigenvalue weighted by atomic mass is 79.9. The van der Waals surface area contributed by atoms with Gasteiger partial charge in [-0.25, -0.2) is 8.42 Å². The molecule has 0 aliphatic rings. The van der Waals surface area contributed by atoms with E-state index in [1.165, 1.54) is 0 Å². The molecule has 0 aliphatic heterocycles. The second-order valence-electron chi connectivity index (χ2n) is 4.97. The maximum Gasteiger partial charge on any atom is 0.206 e. The van der Waals surface area contributed by atoms with Gasteiger partial charge in [0, 0.05) is 4.47 Å². The minimum absolute atomic E-state index is 0.321. The molecule has 0 spiro atoms. The van der Waals surface area contributed by atoms with E-state index in [0.29, 0.717) is 9.79 Å². The zero-order valence-corrected chi connectivity index (χ0v) is 13.8. The molecular formula is C17H13BrO2S. The van der Waals surface area contributed by atoms with E-state index in [2.05, 4.69) is 15.9 Å². The molecule has 0 aliphatic carbocycles. The second kappa shape index (κ2) is 5.28. The molecule has 0 unspecified atom stereocenters. The standard InChI is InChI=1S/C17H13BrO2S/c1-12-2-7-16(8-3-12)21(19,20)17-9-5-13-10-15(18)6-4-14(13)11-17/h2-11H,1H3. The molecule has 0 fully saturated rings. The molecule has 4 heteroatoms. The Balaban J connectivity index is 2.14. The lowest BCUT2D eigenvalue weighted by atomic mass is 10.1. The summed E-state index contributed by atoms with van der Waals surface area (Å²) in [7, 11) is -3.47. The van der Waals surface area contributed by atoms with E-state index in [1.807, 2.05) is 43.3 Å². The highest BCUT2D eigenvalue weighted by Gasteiger charge is 2.17. The molecule has 0 bridgehead atoms. The maximum atomic E-state index is 12.6. The lowest BCUT2D eigenvalue weighted by molar-refractivity contribution is 0.596. The van der Waals surface area contributed by atoms with Crippen LogP contribution in [0.15, 0.2) is 74.9 Å². The normalized spacial score (nSPS) is 11.7. The van der Waals surface area contributed by atoms with E-state index in [9.17, 15) is 8.42 Å². The Labute approximate surface area is 132 Å². The van der Waals surface area contributed by atoms with Crippen molar-refractivity contribution in [2.24, 2.45) is 0 Å². The minimum Gasteiger partial charge on any atom is -0.219 e. The Bertz CT molecular complexity index is 913. The summed E-state index contributed by atoms with van der Waals surface area (Å²) in [4.78, 5) is 0.644. The van der Waals surface area contributed by atoms with Crippen LogP contribution in [0.3, 0.4) is 0 Å². The van der Waals surface area contributed by atoms with Gasteiger partial charge >= 0.3 is 0 Å². The monoisotopic (exact) mass is 360 g/mol. The van der Waals surface area contributed by atoms with Gasteiger partial charge in [-0.2, -0.15) is 0 Å². The lowest BCUT2D eigenvalue weighted by Gasteiger charge is -2.07. The Morgan fingerprint density at radius 3 is 2.05 bits per heavy atom. The fraction of sp³-hybridized carbons (Fsp3) is 0.0588. The molecule has 3 aromatic carbocycles. The smallest absolute Gasteiger partial charge is 0.206 e. The number of aryl methyl sites for hydroxylation is 1. The third kappa shape index (κ3) is 2.74. The molecule has 0 saturated heterocycles. The molecule has 2 nitrogen and oxygen atoms in total. The lowest BCUT2D eigenvalue weighted by Crippen LogP contribution is -2.01. The highest BCUT2D eigenvalue weighted by Crippen LogP contribution is 2.26. The number of halogens is 1. The van der Waals surface area contributed by atoms with E-state index in [0.717, 1.165) is 20.8 Å². The van der Waals surface area contributed by atoms with Gasteiger partial charge in [-0.05, 0) is 54.1 Å². The first-order valence-corrected chi connectivity index (χ1v) is 8.75.